The third-order valence-electron chi connectivity index (χ3n) is 4.68. The highest BCUT2D eigenvalue weighted by molar-refractivity contribution is 6.01. The number of aryl methyl sites for hydroxylation is 1. The molecule has 3 aromatic rings. The number of H-pyrrole nitrogens is 1. The van der Waals surface area contributed by atoms with Gasteiger partial charge < -0.3 is 19.7 Å². The lowest BCUT2D eigenvalue weighted by Crippen LogP contribution is -2.32. The van der Waals surface area contributed by atoms with Crippen LogP contribution in [0.5, 0.6) is 5.75 Å². The Labute approximate surface area is 157 Å². The van der Waals surface area contributed by atoms with Gasteiger partial charge in [-0.15, -0.1) is 0 Å². The van der Waals surface area contributed by atoms with Crippen LogP contribution >= 0.6 is 0 Å². The van der Waals surface area contributed by atoms with Crippen LogP contribution in [0.4, 0.5) is 4.39 Å². The summed E-state index contributed by atoms with van der Waals surface area (Å²) in [6.07, 6.45) is 0.453. The maximum atomic E-state index is 14.1. The number of aromatic nitrogens is 1. The van der Waals surface area contributed by atoms with E-state index in [1.165, 1.54) is 6.07 Å². The number of aliphatic hydroxyl groups excluding tert-OH is 1. The summed E-state index contributed by atoms with van der Waals surface area (Å²) in [5.41, 5.74) is 2.27. The van der Waals surface area contributed by atoms with Crippen molar-refractivity contribution >= 4 is 16.8 Å². The van der Waals surface area contributed by atoms with E-state index in [4.69, 9.17) is 4.74 Å². The van der Waals surface area contributed by atoms with Gasteiger partial charge in [0, 0.05) is 30.6 Å². The van der Waals surface area contributed by atoms with Gasteiger partial charge in [0.15, 0.2) is 0 Å². The number of nitrogens with one attached hydrogen (secondary N) is 1. The molecule has 2 aromatic carbocycles. The molecule has 0 bridgehead atoms. The van der Waals surface area contributed by atoms with Crippen molar-refractivity contribution < 1.29 is 19.0 Å². The Morgan fingerprint density at radius 3 is 2.70 bits per heavy atom. The van der Waals surface area contributed by atoms with Gasteiger partial charge in [-0.3, -0.25) is 4.79 Å². The van der Waals surface area contributed by atoms with Crippen LogP contribution in [0.15, 0.2) is 42.5 Å². The van der Waals surface area contributed by atoms with Crippen LogP contribution < -0.4 is 4.74 Å². The van der Waals surface area contributed by atoms with Gasteiger partial charge in [0.2, 0.25) is 0 Å². The molecule has 1 heterocycles. The van der Waals surface area contributed by atoms with Crippen LogP contribution in [0.2, 0.25) is 0 Å². The summed E-state index contributed by atoms with van der Waals surface area (Å²) in [4.78, 5) is 17.8. The van der Waals surface area contributed by atoms with Crippen molar-refractivity contribution in [3.05, 3.63) is 65.1 Å². The Morgan fingerprint density at radius 2 is 2.00 bits per heavy atom. The summed E-state index contributed by atoms with van der Waals surface area (Å²) in [7, 11) is 1.59. The molecule has 27 heavy (non-hydrogen) atoms. The number of fused-ring (bicyclic) bond motifs is 1. The average molecular weight is 370 g/mol. The summed E-state index contributed by atoms with van der Waals surface area (Å²) >= 11 is 0. The number of amides is 1. The van der Waals surface area contributed by atoms with Crippen LogP contribution in [-0.4, -0.2) is 41.2 Å². The Hall–Kier alpha value is -2.86. The largest absolute Gasteiger partial charge is 0.496 e. The fraction of sp³-hybridized carbons (Fsp3) is 0.286. The maximum Gasteiger partial charge on any atom is 0.270 e. The van der Waals surface area contributed by atoms with Crippen molar-refractivity contribution in [2.45, 2.75) is 19.9 Å². The van der Waals surface area contributed by atoms with Crippen molar-refractivity contribution in [2.24, 2.45) is 0 Å². The molecule has 6 heteroatoms. The highest BCUT2D eigenvalue weighted by atomic mass is 19.1. The Balaban J connectivity index is 1.96. The number of methoxy groups -OCH3 is 1. The van der Waals surface area contributed by atoms with Crippen LogP contribution in [0.3, 0.4) is 0 Å². The predicted molar refractivity (Wildman–Crippen MR) is 102 cm³/mol. The SMILES string of the molecule is COc1ccccc1CN(CCCO)C(=O)c1[nH]c2c(F)cccc2c1C. The summed E-state index contributed by atoms with van der Waals surface area (Å²) in [5.74, 6) is 0.0717. The van der Waals surface area contributed by atoms with Gasteiger partial charge in [-0.1, -0.05) is 30.3 Å². The molecule has 0 aliphatic rings. The van der Waals surface area contributed by atoms with E-state index in [-0.39, 0.29) is 18.3 Å². The summed E-state index contributed by atoms with van der Waals surface area (Å²) in [5, 5.41) is 9.91. The van der Waals surface area contributed by atoms with Crippen molar-refractivity contribution in [3.8, 4) is 5.75 Å². The smallest absolute Gasteiger partial charge is 0.270 e. The minimum Gasteiger partial charge on any atom is -0.496 e. The quantitative estimate of drug-likeness (QED) is 0.667. The highest BCUT2D eigenvalue weighted by Crippen LogP contribution is 2.26. The number of aliphatic hydroxyl groups is 1. The highest BCUT2D eigenvalue weighted by Gasteiger charge is 2.22. The first-order chi connectivity index (χ1) is 13.1. The number of ether oxygens (including phenoxy) is 1. The molecule has 0 atom stereocenters. The number of nitrogens with zero attached hydrogens (tertiary/aromatic N) is 1. The van der Waals surface area contributed by atoms with Crippen molar-refractivity contribution in [1.29, 1.82) is 0 Å². The van der Waals surface area contributed by atoms with Gasteiger partial charge in [-0.25, -0.2) is 4.39 Å². The van der Waals surface area contributed by atoms with Crippen LogP contribution in [0, 0.1) is 12.7 Å². The van der Waals surface area contributed by atoms with E-state index < -0.39 is 0 Å². The van der Waals surface area contributed by atoms with Gasteiger partial charge in [0.25, 0.3) is 5.91 Å². The number of carbonyl (C=O) groups is 1. The van der Waals surface area contributed by atoms with E-state index in [1.807, 2.05) is 24.3 Å². The Morgan fingerprint density at radius 1 is 1.22 bits per heavy atom. The molecule has 3 rings (SSSR count). The van der Waals surface area contributed by atoms with Crippen LogP contribution in [0.1, 0.15) is 28.0 Å². The molecule has 0 aliphatic heterocycles. The second kappa shape index (κ2) is 8.22. The second-order valence-corrected chi connectivity index (χ2v) is 6.40. The fourth-order valence-corrected chi connectivity index (χ4v) is 3.24. The zero-order valence-corrected chi connectivity index (χ0v) is 15.5. The minimum atomic E-state index is -0.388. The van der Waals surface area contributed by atoms with E-state index in [0.29, 0.717) is 47.4 Å². The monoisotopic (exact) mass is 370 g/mol. The first kappa shape index (κ1) is 18.9. The minimum absolute atomic E-state index is 0.0178. The van der Waals surface area contributed by atoms with Crippen molar-refractivity contribution in [2.75, 3.05) is 20.3 Å². The molecule has 0 unspecified atom stereocenters. The molecular weight excluding hydrogens is 347 g/mol. The van der Waals surface area contributed by atoms with Crippen molar-refractivity contribution in [3.63, 3.8) is 0 Å². The molecular formula is C21H23FN2O3. The molecule has 1 aromatic heterocycles. The number of carbonyl (C=O) groups excluding carboxylic acids is 1. The summed E-state index contributed by atoms with van der Waals surface area (Å²) < 4.78 is 19.5. The molecule has 1 amide bonds. The second-order valence-electron chi connectivity index (χ2n) is 6.40. The first-order valence-electron chi connectivity index (χ1n) is 8.85. The number of hydrogen-bond donors (Lipinski definition) is 2. The third-order valence-corrected chi connectivity index (χ3v) is 4.68. The topological polar surface area (TPSA) is 65.6 Å². The third kappa shape index (κ3) is 3.80. The first-order valence-corrected chi connectivity index (χ1v) is 8.85. The van der Waals surface area contributed by atoms with E-state index >= 15 is 0 Å². The lowest BCUT2D eigenvalue weighted by atomic mass is 10.1. The normalized spacial score (nSPS) is 11.0. The van der Waals surface area contributed by atoms with Gasteiger partial charge in [0.05, 0.1) is 12.6 Å². The molecule has 0 saturated carbocycles. The summed E-state index contributed by atoms with van der Waals surface area (Å²) in [6.45, 7) is 2.50. The molecule has 0 saturated heterocycles. The van der Waals surface area contributed by atoms with E-state index in [9.17, 15) is 14.3 Å². The Bertz CT molecular complexity index is 952. The zero-order chi connectivity index (χ0) is 19.4. The van der Waals surface area contributed by atoms with Crippen molar-refractivity contribution in [1.82, 2.24) is 9.88 Å². The number of rotatable bonds is 7. The van der Waals surface area contributed by atoms with E-state index in [0.717, 1.165) is 5.56 Å². The fourth-order valence-electron chi connectivity index (χ4n) is 3.24. The predicted octanol–water partition coefficient (Wildman–Crippen LogP) is 3.65. The van der Waals surface area contributed by atoms with Gasteiger partial charge in [-0.2, -0.15) is 0 Å². The zero-order valence-electron chi connectivity index (χ0n) is 15.5. The number of halogens is 1. The number of aromatic amines is 1. The number of hydrogen-bond acceptors (Lipinski definition) is 3. The molecule has 0 aliphatic carbocycles. The molecule has 2 N–H and O–H groups in total. The van der Waals surface area contributed by atoms with E-state index in [1.54, 1.807) is 31.1 Å². The Kier molecular flexibility index (Phi) is 5.76. The van der Waals surface area contributed by atoms with Gasteiger partial charge in [-0.05, 0) is 31.0 Å². The molecule has 0 radical (unpaired) electrons. The van der Waals surface area contributed by atoms with Crippen LogP contribution in [0.25, 0.3) is 10.9 Å². The van der Waals surface area contributed by atoms with Gasteiger partial charge in [0.1, 0.15) is 17.3 Å². The van der Waals surface area contributed by atoms with Crippen LogP contribution in [-0.2, 0) is 6.54 Å². The lowest BCUT2D eigenvalue weighted by molar-refractivity contribution is 0.0725. The number of para-hydroxylation sites is 2. The van der Waals surface area contributed by atoms with E-state index in [2.05, 4.69) is 4.98 Å². The summed E-state index contributed by atoms with van der Waals surface area (Å²) in [6, 6.07) is 12.3. The number of benzene rings is 2. The standard InChI is InChI=1S/C21H23FN2O3/c1-14-16-8-5-9-17(22)20(16)23-19(14)21(26)24(11-6-12-25)13-15-7-3-4-10-18(15)27-2/h3-5,7-10,23,25H,6,11-13H2,1-2H3. The molecule has 0 fully saturated rings. The lowest BCUT2D eigenvalue weighted by Gasteiger charge is -2.23. The molecule has 5 nitrogen and oxygen atoms in total. The molecule has 142 valence electrons. The maximum absolute atomic E-state index is 14.1. The van der Waals surface area contributed by atoms with Gasteiger partial charge >= 0.3 is 0 Å². The molecule has 0 spiro atoms. The average Bonchev–Trinajstić information content (AvgIpc) is 3.03.